The van der Waals surface area contributed by atoms with E-state index >= 15 is 0 Å². The molecule has 0 spiro atoms. The Balaban J connectivity index is 3.00. The molecule has 0 bridgehead atoms. The summed E-state index contributed by atoms with van der Waals surface area (Å²) in [5, 5.41) is 4.25. The van der Waals surface area contributed by atoms with E-state index in [1.807, 2.05) is 0 Å². The van der Waals surface area contributed by atoms with Crippen molar-refractivity contribution in [1.82, 2.24) is 9.59 Å². The van der Waals surface area contributed by atoms with Crippen molar-refractivity contribution in [3.05, 3.63) is 10.6 Å². The topological polar surface area (TPSA) is 51.8 Å². The van der Waals surface area contributed by atoms with Crippen LogP contribution in [0.3, 0.4) is 0 Å². The summed E-state index contributed by atoms with van der Waals surface area (Å²) in [5.41, 5.74) is 7.43. The van der Waals surface area contributed by atoms with Gasteiger partial charge in [-0.1, -0.05) is 51.9 Å². The first-order valence-electron chi connectivity index (χ1n) is 6.00. The summed E-state index contributed by atoms with van der Waals surface area (Å²) < 4.78 is 4.07. The largest absolute Gasteiger partial charge is 0.323 e. The van der Waals surface area contributed by atoms with Crippen molar-refractivity contribution in [2.24, 2.45) is 11.7 Å². The van der Waals surface area contributed by atoms with Gasteiger partial charge in [0.2, 0.25) is 0 Å². The highest BCUT2D eigenvalue weighted by molar-refractivity contribution is 7.05. The number of rotatable bonds is 4. The Hall–Kier alpha value is -0.480. The van der Waals surface area contributed by atoms with Gasteiger partial charge in [0.15, 0.2) is 0 Å². The van der Waals surface area contributed by atoms with Crippen LogP contribution in [-0.2, 0) is 5.41 Å². The lowest BCUT2D eigenvalue weighted by molar-refractivity contribution is 0.402. The van der Waals surface area contributed by atoms with Gasteiger partial charge < -0.3 is 5.73 Å². The summed E-state index contributed by atoms with van der Waals surface area (Å²) in [4.78, 5) is 1.17. The van der Waals surface area contributed by atoms with E-state index in [9.17, 15) is 0 Å². The number of nitrogens with two attached hydrogens (primary N) is 1. The van der Waals surface area contributed by atoms with Gasteiger partial charge in [-0.3, -0.25) is 0 Å². The van der Waals surface area contributed by atoms with Gasteiger partial charge in [-0.05, 0) is 17.5 Å². The molecule has 1 unspecified atom stereocenters. The Kier molecular flexibility index (Phi) is 4.44. The smallest absolute Gasteiger partial charge is 0.0857 e. The minimum absolute atomic E-state index is 0.0337. The molecule has 92 valence electrons. The van der Waals surface area contributed by atoms with Crippen molar-refractivity contribution >= 4 is 11.5 Å². The standard InChI is InChI=1S/C12H23N3S/c1-6-8(7-2)9(13)10-11(12(3,4)5)14-15-16-10/h8-9H,6-7,13H2,1-5H3. The first-order chi connectivity index (χ1) is 7.41. The second-order valence-corrected chi connectivity index (χ2v) is 6.12. The van der Waals surface area contributed by atoms with E-state index in [1.54, 1.807) is 0 Å². The molecule has 0 aromatic carbocycles. The van der Waals surface area contributed by atoms with Crippen LogP contribution in [0, 0.1) is 5.92 Å². The molecule has 0 aliphatic rings. The Bertz CT molecular complexity index is 323. The Morgan fingerprint density at radius 3 is 2.25 bits per heavy atom. The maximum absolute atomic E-state index is 6.33. The van der Waals surface area contributed by atoms with Crippen molar-refractivity contribution < 1.29 is 0 Å². The molecule has 1 aromatic heterocycles. The van der Waals surface area contributed by atoms with E-state index in [0.29, 0.717) is 5.92 Å². The van der Waals surface area contributed by atoms with Crippen LogP contribution in [-0.4, -0.2) is 9.59 Å². The van der Waals surface area contributed by atoms with E-state index < -0.39 is 0 Å². The molecule has 0 aliphatic heterocycles. The number of nitrogens with zero attached hydrogens (tertiary/aromatic N) is 2. The van der Waals surface area contributed by atoms with Crippen molar-refractivity contribution in [3.8, 4) is 0 Å². The maximum atomic E-state index is 6.33. The molecule has 3 nitrogen and oxygen atoms in total. The van der Waals surface area contributed by atoms with E-state index in [4.69, 9.17) is 5.73 Å². The minimum Gasteiger partial charge on any atom is -0.323 e. The third kappa shape index (κ3) is 2.80. The van der Waals surface area contributed by atoms with Crippen LogP contribution in [0.1, 0.15) is 64.1 Å². The Labute approximate surface area is 103 Å². The summed E-state index contributed by atoms with van der Waals surface area (Å²) in [6, 6.07) is 0.0872. The predicted molar refractivity (Wildman–Crippen MR) is 69.6 cm³/mol. The zero-order chi connectivity index (χ0) is 12.3. The summed E-state index contributed by atoms with van der Waals surface area (Å²) in [6.07, 6.45) is 2.22. The number of hydrogen-bond donors (Lipinski definition) is 1. The Morgan fingerprint density at radius 1 is 1.25 bits per heavy atom. The zero-order valence-electron chi connectivity index (χ0n) is 10.9. The molecule has 2 N–H and O–H groups in total. The first-order valence-corrected chi connectivity index (χ1v) is 6.77. The molecule has 1 atom stereocenters. The van der Waals surface area contributed by atoms with Crippen molar-refractivity contribution in [3.63, 3.8) is 0 Å². The van der Waals surface area contributed by atoms with E-state index in [0.717, 1.165) is 18.5 Å². The zero-order valence-corrected chi connectivity index (χ0v) is 11.8. The van der Waals surface area contributed by atoms with Crippen LogP contribution in [0.4, 0.5) is 0 Å². The average molecular weight is 241 g/mol. The SMILES string of the molecule is CCC(CC)C(N)c1snnc1C(C)(C)C. The second kappa shape index (κ2) is 5.23. The van der Waals surface area contributed by atoms with Gasteiger partial charge in [0, 0.05) is 11.5 Å². The highest BCUT2D eigenvalue weighted by atomic mass is 32.1. The third-order valence-corrected chi connectivity index (χ3v) is 3.91. The van der Waals surface area contributed by atoms with Gasteiger partial charge >= 0.3 is 0 Å². The quantitative estimate of drug-likeness (QED) is 0.880. The lowest BCUT2D eigenvalue weighted by Crippen LogP contribution is -2.24. The van der Waals surface area contributed by atoms with Crippen molar-refractivity contribution in [2.45, 2.75) is 58.9 Å². The third-order valence-electron chi connectivity index (χ3n) is 3.08. The molecule has 1 aromatic rings. The highest BCUT2D eigenvalue weighted by Gasteiger charge is 2.28. The molecule has 0 saturated heterocycles. The van der Waals surface area contributed by atoms with Crippen LogP contribution >= 0.6 is 11.5 Å². The fraction of sp³-hybridized carbons (Fsp3) is 0.833. The van der Waals surface area contributed by atoms with Crippen LogP contribution in [0.15, 0.2) is 0 Å². The monoisotopic (exact) mass is 241 g/mol. The predicted octanol–water partition coefficient (Wildman–Crippen LogP) is 3.27. The fourth-order valence-corrected chi connectivity index (χ4v) is 2.90. The van der Waals surface area contributed by atoms with Gasteiger partial charge in [0.25, 0.3) is 0 Å². The summed E-state index contributed by atoms with van der Waals surface area (Å²) >= 11 is 1.46. The van der Waals surface area contributed by atoms with E-state index in [2.05, 4.69) is 44.2 Å². The van der Waals surface area contributed by atoms with Crippen LogP contribution in [0.25, 0.3) is 0 Å². The first kappa shape index (κ1) is 13.6. The van der Waals surface area contributed by atoms with Crippen molar-refractivity contribution in [2.75, 3.05) is 0 Å². The molecule has 0 amide bonds. The lowest BCUT2D eigenvalue weighted by atomic mass is 9.86. The van der Waals surface area contributed by atoms with Gasteiger partial charge in [-0.15, -0.1) is 5.10 Å². The normalized spacial score (nSPS) is 14.4. The van der Waals surface area contributed by atoms with E-state index in [1.165, 1.54) is 16.4 Å². The van der Waals surface area contributed by atoms with Crippen LogP contribution in [0.5, 0.6) is 0 Å². The van der Waals surface area contributed by atoms with Gasteiger partial charge in [-0.25, -0.2) is 0 Å². The molecule has 4 heteroatoms. The minimum atomic E-state index is 0.0337. The fourth-order valence-electron chi connectivity index (χ4n) is 1.95. The average Bonchev–Trinajstić information content (AvgIpc) is 2.67. The van der Waals surface area contributed by atoms with Crippen LogP contribution < -0.4 is 5.73 Å². The molecule has 0 saturated carbocycles. The van der Waals surface area contributed by atoms with Gasteiger partial charge in [-0.2, -0.15) is 0 Å². The van der Waals surface area contributed by atoms with E-state index in [-0.39, 0.29) is 11.5 Å². The van der Waals surface area contributed by atoms with Gasteiger partial charge in [0.05, 0.1) is 10.6 Å². The lowest BCUT2D eigenvalue weighted by Gasteiger charge is -2.24. The number of aromatic nitrogens is 2. The summed E-state index contributed by atoms with van der Waals surface area (Å²) in [7, 11) is 0. The van der Waals surface area contributed by atoms with Gasteiger partial charge in [0.1, 0.15) is 0 Å². The molecule has 0 aliphatic carbocycles. The molecule has 16 heavy (non-hydrogen) atoms. The molecular formula is C12H23N3S. The Morgan fingerprint density at radius 2 is 1.81 bits per heavy atom. The molecular weight excluding hydrogens is 218 g/mol. The molecule has 1 heterocycles. The summed E-state index contributed by atoms with van der Waals surface area (Å²) in [6.45, 7) is 10.9. The summed E-state index contributed by atoms with van der Waals surface area (Å²) in [5.74, 6) is 0.531. The maximum Gasteiger partial charge on any atom is 0.0857 e. The van der Waals surface area contributed by atoms with Crippen molar-refractivity contribution in [1.29, 1.82) is 0 Å². The molecule has 0 radical (unpaired) electrons. The highest BCUT2D eigenvalue weighted by Crippen LogP contribution is 2.34. The second-order valence-electron chi connectivity index (χ2n) is 5.34. The van der Waals surface area contributed by atoms with Crippen LogP contribution in [0.2, 0.25) is 0 Å². The molecule has 1 rings (SSSR count). The molecule has 0 fully saturated rings. The number of hydrogen-bond acceptors (Lipinski definition) is 4.